The first-order valence-electron chi connectivity index (χ1n) is 6.62. The lowest BCUT2D eigenvalue weighted by Gasteiger charge is -2.07. The molecule has 0 saturated heterocycles. The highest BCUT2D eigenvalue weighted by Gasteiger charge is 2.09. The Balaban J connectivity index is 1.90. The number of esters is 2. The molecule has 2 aromatic rings. The standard InChI is InChI=1S/C17H14O6/c1-2-16(19)22-11-21-14-7-3-12(4-8-14)17(20)23-15-9-5-13(18)6-10-15/h2-10,18H,1,11H2. The lowest BCUT2D eigenvalue weighted by Crippen LogP contribution is -2.09. The third kappa shape index (κ3) is 4.89. The number of aromatic hydroxyl groups is 1. The largest absolute Gasteiger partial charge is 0.508 e. The van der Waals surface area contributed by atoms with Crippen LogP contribution in [0.15, 0.2) is 61.2 Å². The highest BCUT2D eigenvalue weighted by atomic mass is 16.7. The maximum atomic E-state index is 11.9. The zero-order valence-corrected chi connectivity index (χ0v) is 12.1. The monoisotopic (exact) mass is 314 g/mol. The van der Waals surface area contributed by atoms with Crippen molar-refractivity contribution in [1.82, 2.24) is 0 Å². The second-order valence-corrected chi connectivity index (χ2v) is 4.34. The Hall–Kier alpha value is -3.28. The van der Waals surface area contributed by atoms with Gasteiger partial charge in [-0.1, -0.05) is 6.58 Å². The lowest BCUT2D eigenvalue weighted by atomic mass is 10.2. The van der Waals surface area contributed by atoms with Gasteiger partial charge < -0.3 is 19.3 Å². The van der Waals surface area contributed by atoms with Crippen LogP contribution < -0.4 is 9.47 Å². The number of phenolic OH excluding ortho intramolecular Hbond substituents is 1. The number of carbonyl (C=O) groups excluding carboxylic acids is 2. The summed E-state index contributed by atoms with van der Waals surface area (Å²) in [6, 6.07) is 12.0. The van der Waals surface area contributed by atoms with Crippen molar-refractivity contribution in [1.29, 1.82) is 0 Å². The van der Waals surface area contributed by atoms with E-state index in [1.165, 1.54) is 36.4 Å². The number of hydrogen-bond donors (Lipinski definition) is 1. The van der Waals surface area contributed by atoms with E-state index in [0.29, 0.717) is 17.1 Å². The van der Waals surface area contributed by atoms with Crippen LogP contribution in [0.4, 0.5) is 0 Å². The minimum Gasteiger partial charge on any atom is -0.508 e. The molecule has 0 aliphatic carbocycles. The molecule has 0 unspecified atom stereocenters. The van der Waals surface area contributed by atoms with E-state index in [9.17, 15) is 9.59 Å². The number of carbonyl (C=O) groups is 2. The van der Waals surface area contributed by atoms with Crippen molar-refractivity contribution in [2.75, 3.05) is 6.79 Å². The molecule has 2 rings (SSSR count). The molecule has 0 amide bonds. The molecule has 0 spiro atoms. The highest BCUT2D eigenvalue weighted by Crippen LogP contribution is 2.18. The molecule has 118 valence electrons. The van der Waals surface area contributed by atoms with Gasteiger partial charge in [0.15, 0.2) is 0 Å². The normalized spacial score (nSPS) is 9.74. The van der Waals surface area contributed by atoms with Crippen LogP contribution in [0, 0.1) is 0 Å². The fourth-order valence-electron chi connectivity index (χ4n) is 1.58. The van der Waals surface area contributed by atoms with Gasteiger partial charge in [-0.25, -0.2) is 9.59 Å². The molecule has 0 fully saturated rings. The molecule has 0 radical (unpaired) electrons. The Morgan fingerprint density at radius 3 is 2.22 bits per heavy atom. The molecule has 0 atom stereocenters. The van der Waals surface area contributed by atoms with Gasteiger partial charge in [0.2, 0.25) is 6.79 Å². The van der Waals surface area contributed by atoms with Crippen LogP contribution in [0.3, 0.4) is 0 Å². The molecule has 0 bridgehead atoms. The summed E-state index contributed by atoms with van der Waals surface area (Å²) in [6.45, 7) is 3.01. The average Bonchev–Trinajstić information content (AvgIpc) is 2.57. The Morgan fingerprint density at radius 1 is 1.00 bits per heavy atom. The predicted molar refractivity (Wildman–Crippen MR) is 81.3 cm³/mol. The van der Waals surface area contributed by atoms with Crippen LogP contribution in [0.5, 0.6) is 17.2 Å². The van der Waals surface area contributed by atoms with Crippen LogP contribution >= 0.6 is 0 Å². The van der Waals surface area contributed by atoms with E-state index in [4.69, 9.17) is 14.6 Å². The number of benzene rings is 2. The first-order valence-corrected chi connectivity index (χ1v) is 6.62. The van der Waals surface area contributed by atoms with Gasteiger partial charge in [-0.2, -0.15) is 0 Å². The fraction of sp³-hybridized carbons (Fsp3) is 0.0588. The summed E-state index contributed by atoms with van der Waals surface area (Å²) in [7, 11) is 0. The summed E-state index contributed by atoms with van der Waals surface area (Å²) in [6.07, 6.45) is 1.03. The molecule has 23 heavy (non-hydrogen) atoms. The molecular weight excluding hydrogens is 300 g/mol. The van der Waals surface area contributed by atoms with E-state index < -0.39 is 11.9 Å². The maximum Gasteiger partial charge on any atom is 0.343 e. The van der Waals surface area contributed by atoms with Crippen molar-refractivity contribution in [3.8, 4) is 17.2 Å². The second-order valence-electron chi connectivity index (χ2n) is 4.34. The lowest BCUT2D eigenvalue weighted by molar-refractivity contribution is -0.144. The highest BCUT2D eigenvalue weighted by molar-refractivity contribution is 5.91. The Bertz CT molecular complexity index is 688. The number of ether oxygens (including phenoxy) is 3. The molecule has 0 aliphatic heterocycles. The number of phenols is 1. The third-order valence-electron chi connectivity index (χ3n) is 2.73. The first kappa shape index (κ1) is 16.1. The molecular formula is C17H14O6. The van der Waals surface area contributed by atoms with Crippen LogP contribution in [0.1, 0.15) is 10.4 Å². The average molecular weight is 314 g/mol. The van der Waals surface area contributed by atoms with Crippen molar-refractivity contribution in [2.24, 2.45) is 0 Å². The van der Waals surface area contributed by atoms with Gasteiger partial charge in [0.1, 0.15) is 17.2 Å². The van der Waals surface area contributed by atoms with Crippen molar-refractivity contribution in [3.05, 3.63) is 66.7 Å². The summed E-state index contributed by atoms with van der Waals surface area (Å²) in [5, 5.41) is 9.17. The molecule has 0 aliphatic rings. The van der Waals surface area contributed by atoms with Crippen LogP contribution in [-0.2, 0) is 9.53 Å². The van der Waals surface area contributed by atoms with E-state index in [1.54, 1.807) is 12.1 Å². The topological polar surface area (TPSA) is 82.1 Å². The number of rotatable bonds is 6. The van der Waals surface area contributed by atoms with E-state index >= 15 is 0 Å². The van der Waals surface area contributed by atoms with Crippen molar-refractivity contribution in [2.45, 2.75) is 0 Å². The molecule has 1 N–H and O–H groups in total. The second kappa shape index (κ2) is 7.65. The molecule has 0 aromatic heterocycles. The fourth-order valence-corrected chi connectivity index (χ4v) is 1.58. The predicted octanol–water partition coefficient (Wildman–Crippen LogP) is 2.68. The van der Waals surface area contributed by atoms with Gasteiger partial charge in [0.25, 0.3) is 0 Å². The van der Waals surface area contributed by atoms with Crippen LogP contribution in [0.25, 0.3) is 0 Å². The van der Waals surface area contributed by atoms with Gasteiger partial charge in [-0.05, 0) is 48.5 Å². The van der Waals surface area contributed by atoms with Gasteiger partial charge in [-0.15, -0.1) is 0 Å². The Morgan fingerprint density at radius 2 is 1.61 bits per heavy atom. The van der Waals surface area contributed by atoms with Gasteiger partial charge in [0.05, 0.1) is 5.56 Å². The molecule has 0 heterocycles. The summed E-state index contributed by atoms with van der Waals surface area (Å²) in [4.78, 5) is 22.8. The molecule has 2 aromatic carbocycles. The van der Waals surface area contributed by atoms with Crippen LogP contribution in [-0.4, -0.2) is 23.8 Å². The van der Waals surface area contributed by atoms with Gasteiger partial charge in [-0.3, -0.25) is 0 Å². The molecule has 6 heteroatoms. The summed E-state index contributed by atoms with van der Waals surface area (Å²) in [5.74, 6) is -0.282. The van der Waals surface area contributed by atoms with Crippen LogP contribution in [0.2, 0.25) is 0 Å². The Labute approximate surface area is 132 Å². The van der Waals surface area contributed by atoms with E-state index in [2.05, 4.69) is 11.3 Å². The summed E-state index contributed by atoms with van der Waals surface area (Å²) in [5.41, 5.74) is 0.327. The zero-order chi connectivity index (χ0) is 16.7. The van der Waals surface area contributed by atoms with E-state index in [0.717, 1.165) is 6.08 Å². The minimum absolute atomic E-state index is 0.0865. The van der Waals surface area contributed by atoms with Gasteiger partial charge >= 0.3 is 11.9 Å². The zero-order valence-electron chi connectivity index (χ0n) is 12.1. The minimum atomic E-state index is -0.584. The van der Waals surface area contributed by atoms with Crippen molar-refractivity contribution < 1.29 is 28.9 Å². The van der Waals surface area contributed by atoms with E-state index in [1.807, 2.05) is 0 Å². The number of hydrogen-bond acceptors (Lipinski definition) is 6. The summed E-state index contributed by atoms with van der Waals surface area (Å²) >= 11 is 0. The van der Waals surface area contributed by atoms with Gasteiger partial charge in [0, 0.05) is 6.08 Å². The molecule has 0 saturated carbocycles. The third-order valence-corrected chi connectivity index (χ3v) is 2.73. The van der Waals surface area contributed by atoms with Crippen molar-refractivity contribution >= 4 is 11.9 Å². The quantitative estimate of drug-likeness (QED) is 0.382. The summed E-state index contributed by atoms with van der Waals surface area (Å²) < 4.78 is 15.0. The van der Waals surface area contributed by atoms with Crippen molar-refractivity contribution in [3.63, 3.8) is 0 Å². The Kier molecular flexibility index (Phi) is 5.35. The van der Waals surface area contributed by atoms with E-state index in [-0.39, 0.29) is 12.5 Å². The maximum absolute atomic E-state index is 11.9. The SMILES string of the molecule is C=CC(=O)OCOc1ccc(C(=O)Oc2ccc(O)cc2)cc1. The smallest absolute Gasteiger partial charge is 0.343 e. The molecule has 6 nitrogen and oxygen atoms in total. The first-order chi connectivity index (χ1) is 11.1.